The third kappa shape index (κ3) is 6.52. The van der Waals surface area contributed by atoms with Gasteiger partial charge in [0.2, 0.25) is 5.91 Å². The molecule has 2 aliphatic rings. The minimum Gasteiger partial charge on any atom is -0.399 e. The molecule has 0 radical (unpaired) electrons. The Bertz CT molecular complexity index is 868. The number of nitrogens with two attached hydrogens (primary N) is 1. The lowest BCUT2D eigenvalue weighted by Crippen LogP contribution is -2.47. The van der Waals surface area contributed by atoms with E-state index >= 15 is 0 Å². The number of anilines is 2. The van der Waals surface area contributed by atoms with Crippen molar-refractivity contribution in [2.45, 2.75) is 38.6 Å². The van der Waals surface area contributed by atoms with Gasteiger partial charge < -0.3 is 16.0 Å². The molecule has 0 spiro atoms. The van der Waals surface area contributed by atoms with Crippen LogP contribution in [0.5, 0.6) is 0 Å². The third-order valence-corrected chi connectivity index (χ3v) is 6.21. The topological polar surface area (TPSA) is 61.6 Å². The van der Waals surface area contributed by atoms with Crippen LogP contribution in [0.4, 0.5) is 11.4 Å². The van der Waals surface area contributed by atoms with Crippen LogP contribution in [0.2, 0.25) is 0 Å². The second-order valence-corrected chi connectivity index (χ2v) is 8.39. The number of aryl methyl sites for hydroxylation is 2. The number of hydrogen-bond donors (Lipinski definition) is 2. The standard InChI is InChI=1S/C24H32N4O.2ClH/c1-18-4-2-6-21(16-18)28-14-12-27(13-15-28)11-10-24(29)26-23-7-3-5-19-17-20(25)8-9-22(19)23;;/h2,4,6,8-9,16-17,23H,3,5,7,10-15,25H2,1H3,(H,26,29);2*1H. The second-order valence-electron chi connectivity index (χ2n) is 8.39. The smallest absolute Gasteiger partial charge is 0.221 e. The molecule has 1 unspecified atom stereocenters. The lowest BCUT2D eigenvalue weighted by molar-refractivity contribution is -0.122. The van der Waals surface area contributed by atoms with Crippen LogP contribution >= 0.6 is 24.8 Å². The summed E-state index contributed by atoms with van der Waals surface area (Å²) in [5, 5.41) is 3.26. The maximum Gasteiger partial charge on any atom is 0.221 e. The van der Waals surface area contributed by atoms with E-state index in [1.807, 2.05) is 6.07 Å². The van der Waals surface area contributed by atoms with E-state index in [1.165, 1.54) is 22.4 Å². The molecule has 2 aromatic rings. The van der Waals surface area contributed by atoms with Crippen molar-refractivity contribution in [3.63, 3.8) is 0 Å². The molecule has 1 heterocycles. The molecule has 1 atom stereocenters. The Morgan fingerprint density at radius 2 is 1.87 bits per heavy atom. The first-order valence-electron chi connectivity index (χ1n) is 10.8. The number of rotatable bonds is 5. The summed E-state index contributed by atoms with van der Waals surface area (Å²) in [5.41, 5.74) is 11.9. The summed E-state index contributed by atoms with van der Waals surface area (Å²) in [4.78, 5) is 17.4. The molecule has 0 aromatic heterocycles. The van der Waals surface area contributed by atoms with Gasteiger partial charge in [-0.2, -0.15) is 0 Å². The molecule has 0 saturated carbocycles. The molecule has 2 aromatic carbocycles. The average molecular weight is 465 g/mol. The van der Waals surface area contributed by atoms with Gasteiger partial charge >= 0.3 is 0 Å². The largest absolute Gasteiger partial charge is 0.399 e. The third-order valence-electron chi connectivity index (χ3n) is 6.21. The molecule has 7 heteroatoms. The zero-order valence-corrected chi connectivity index (χ0v) is 19.8. The monoisotopic (exact) mass is 464 g/mol. The number of piperazine rings is 1. The predicted molar refractivity (Wildman–Crippen MR) is 134 cm³/mol. The van der Waals surface area contributed by atoms with Gasteiger partial charge in [-0.05, 0) is 67.1 Å². The quantitative estimate of drug-likeness (QED) is 0.652. The number of nitrogens with zero attached hydrogens (tertiary/aromatic N) is 2. The molecule has 1 fully saturated rings. The fraction of sp³-hybridized carbons (Fsp3) is 0.458. The minimum atomic E-state index is 0. The normalized spacial score (nSPS) is 18.4. The van der Waals surface area contributed by atoms with Gasteiger partial charge in [0.1, 0.15) is 0 Å². The lowest BCUT2D eigenvalue weighted by atomic mass is 9.87. The summed E-state index contributed by atoms with van der Waals surface area (Å²) in [6.45, 7) is 7.01. The maximum atomic E-state index is 12.6. The summed E-state index contributed by atoms with van der Waals surface area (Å²) in [7, 11) is 0. The highest BCUT2D eigenvalue weighted by molar-refractivity contribution is 5.85. The van der Waals surface area contributed by atoms with E-state index in [1.54, 1.807) is 0 Å². The van der Waals surface area contributed by atoms with Gasteiger partial charge in [-0.25, -0.2) is 0 Å². The van der Waals surface area contributed by atoms with Gasteiger partial charge in [0.25, 0.3) is 0 Å². The Balaban J connectivity index is 0.00000171. The van der Waals surface area contributed by atoms with Crippen LogP contribution in [0.15, 0.2) is 42.5 Å². The maximum absolute atomic E-state index is 12.6. The predicted octanol–water partition coefficient (Wildman–Crippen LogP) is 4.13. The Morgan fingerprint density at radius 3 is 2.61 bits per heavy atom. The van der Waals surface area contributed by atoms with E-state index in [-0.39, 0.29) is 36.8 Å². The van der Waals surface area contributed by atoms with E-state index in [9.17, 15) is 4.79 Å². The molecule has 1 saturated heterocycles. The Kier molecular flexibility index (Phi) is 9.48. The van der Waals surface area contributed by atoms with Gasteiger partial charge in [0.15, 0.2) is 0 Å². The highest BCUT2D eigenvalue weighted by Crippen LogP contribution is 2.31. The summed E-state index contributed by atoms with van der Waals surface area (Å²) in [6, 6.07) is 14.9. The van der Waals surface area contributed by atoms with Crippen LogP contribution in [-0.4, -0.2) is 43.5 Å². The number of carbonyl (C=O) groups excluding carboxylic acids is 1. The Morgan fingerprint density at radius 1 is 1.10 bits per heavy atom. The first-order chi connectivity index (χ1) is 14.1. The van der Waals surface area contributed by atoms with Crippen LogP contribution in [0.1, 0.15) is 42.0 Å². The fourth-order valence-electron chi connectivity index (χ4n) is 4.56. The SMILES string of the molecule is Cc1cccc(N2CCN(CCC(=O)NC3CCCc4cc(N)ccc43)CC2)c1.Cl.Cl. The van der Waals surface area contributed by atoms with Gasteiger partial charge in [-0.15, -0.1) is 24.8 Å². The van der Waals surface area contributed by atoms with Gasteiger partial charge in [-0.1, -0.05) is 18.2 Å². The first kappa shape index (κ1) is 25.3. The van der Waals surface area contributed by atoms with Crippen molar-refractivity contribution in [3.8, 4) is 0 Å². The minimum absolute atomic E-state index is 0. The van der Waals surface area contributed by atoms with Crippen molar-refractivity contribution in [3.05, 3.63) is 59.2 Å². The molecular weight excluding hydrogens is 431 g/mol. The summed E-state index contributed by atoms with van der Waals surface area (Å²) in [5.74, 6) is 0.154. The van der Waals surface area contributed by atoms with E-state index in [4.69, 9.17) is 5.73 Å². The number of hydrogen-bond acceptors (Lipinski definition) is 4. The molecule has 170 valence electrons. The highest BCUT2D eigenvalue weighted by Gasteiger charge is 2.23. The van der Waals surface area contributed by atoms with Crippen molar-refractivity contribution in [2.75, 3.05) is 43.4 Å². The van der Waals surface area contributed by atoms with Crippen LogP contribution in [0, 0.1) is 6.92 Å². The van der Waals surface area contributed by atoms with Crippen LogP contribution in [0.3, 0.4) is 0 Å². The summed E-state index contributed by atoms with van der Waals surface area (Å²) >= 11 is 0. The van der Waals surface area contributed by atoms with Crippen molar-refractivity contribution in [1.29, 1.82) is 0 Å². The number of nitrogens with one attached hydrogen (secondary N) is 1. The van der Waals surface area contributed by atoms with Gasteiger partial charge in [0.05, 0.1) is 6.04 Å². The molecule has 1 amide bonds. The molecule has 4 rings (SSSR count). The summed E-state index contributed by atoms with van der Waals surface area (Å²) < 4.78 is 0. The fourth-order valence-corrected chi connectivity index (χ4v) is 4.56. The number of nitrogen functional groups attached to an aromatic ring is 1. The number of benzene rings is 2. The molecule has 5 nitrogen and oxygen atoms in total. The molecule has 1 aliphatic heterocycles. The van der Waals surface area contributed by atoms with Crippen molar-refractivity contribution >= 4 is 42.1 Å². The Labute approximate surface area is 198 Å². The van der Waals surface area contributed by atoms with E-state index < -0.39 is 0 Å². The van der Waals surface area contributed by atoms with Crippen molar-refractivity contribution < 1.29 is 4.79 Å². The molecular formula is C24H34Cl2N4O. The van der Waals surface area contributed by atoms with E-state index in [0.29, 0.717) is 6.42 Å². The highest BCUT2D eigenvalue weighted by atomic mass is 35.5. The number of halogens is 2. The zero-order valence-electron chi connectivity index (χ0n) is 18.2. The van der Waals surface area contributed by atoms with E-state index in [2.05, 4.69) is 58.4 Å². The van der Waals surface area contributed by atoms with Crippen LogP contribution in [-0.2, 0) is 11.2 Å². The molecule has 0 bridgehead atoms. The lowest BCUT2D eigenvalue weighted by Gasteiger charge is -2.36. The van der Waals surface area contributed by atoms with Gasteiger partial charge in [0, 0.05) is 50.5 Å². The number of amides is 1. The van der Waals surface area contributed by atoms with Crippen molar-refractivity contribution in [1.82, 2.24) is 10.2 Å². The summed E-state index contributed by atoms with van der Waals surface area (Å²) in [6.07, 6.45) is 3.73. The zero-order chi connectivity index (χ0) is 20.2. The second kappa shape index (κ2) is 11.6. The Hall–Kier alpha value is -1.95. The number of fused-ring (bicyclic) bond motifs is 1. The number of carbonyl (C=O) groups is 1. The first-order valence-corrected chi connectivity index (χ1v) is 10.8. The van der Waals surface area contributed by atoms with Crippen LogP contribution in [0.25, 0.3) is 0 Å². The van der Waals surface area contributed by atoms with Crippen molar-refractivity contribution in [2.24, 2.45) is 0 Å². The van der Waals surface area contributed by atoms with Crippen LogP contribution < -0.4 is 16.0 Å². The molecule has 31 heavy (non-hydrogen) atoms. The van der Waals surface area contributed by atoms with E-state index in [0.717, 1.165) is 57.7 Å². The average Bonchev–Trinajstić information content (AvgIpc) is 2.72. The molecule has 1 aliphatic carbocycles. The molecule has 3 N–H and O–H groups in total. The van der Waals surface area contributed by atoms with Gasteiger partial charge in [-0.3, -0.25) is 9.69 Å².